The van der Waals surface area contributed by atoms with E-state index >= 15 is 0 Å². The molecule has 0 amide bonds. The van der Waals surface area contributed by atoms with Crippen molar-refractivity contribution in [1.82, 2.24) is 9.71 Å². The molecule has 1 aliphatic rings. The van der Waals surface area contributed by atoms with E-state index in [-0.39, 0.29) is 10.8 Å². The van der Waals surface area contributed by atoms with E-state index in [1.165, 1.54) is 18.3 Å². The molecule has 2 rings (SSSR count). The third-order valence-electron chi connectivity index (χ3n) is 2.78. The largest absolute Gasteiger partial charge is 0.381 e. The first-order valence-corrected chi connectivity index (χ1v) is 7.10. The first-order valence-electron chi connectivity index (χ1n) is 5.62. The van der Waals surface area contributed by atoms with Gasteiger partial charge in [0.1, 0.15) is 10.7 Å². The molecule has 0 spiro atoms. The van der Waals surface area contributed by atoms with Gasteiger partial charge in [-0.25, -0.2) is 24.0 Å². The van der Waals surface area contributed by atoms with Gasteiger partial charge in [-0.2, -0.15) is 0 Å². The van der Waals surface area contributed by atoms with E-state index in [4.69, 9.17) is 10.6 Å². The zero-order valence-electron chi connectivity index (χ0n) is 9.80. The Labute approximate surface area is 106 Å². The number of hydrogen-bond donors (Lipinski definition) is 3. The van der Waals surface area contributed by atoms with Crippen LogP contribution in [0.1, 0.15) is 6.42 Å². The number of nitrogens with zero attached hydrogens (tertiary/aromatic N) is 1. The average molecular weight is 272 g/mol. The zero-order chi connectivity index (χ0) is 13.0. The van der Waals surface area contributed by atoms with E-state index in [1.807, 2.05) is 0 Å². The summed E-state index contributed by atoms with van der Waals surface area (Å²) < 4.78 is 31.6. The fourth-order valence-electron chi connectivity index (χ4n) is 1.68. The van der Waals surface area contributed by atoms with Crippen LogP contribution in [0.5, 0.6) is 0 Å². The van der Waals surface area contributed by atoms with Crippen LogP contribution >= 0.6 is 0 Å². The summed E-state index contributed by atoms with van der Waals surface area (Å²) in [6, 6.07) is 2.96. The van der Waals surface area contributed by atoms with Crippen molar-refractivity contribution in [2.24, 2.45) is 11.8 Å². The number of nitrogen functional groups attached to an aromatic ring is 1. The lowest BCUT2D eigenvalue weighted by Crippen LogP contribution is -2.29. The van der Waals surface area contributed by atoms with Crippen LogP contribution in [0.2, 0.25) is 0 Å². The molecular weight excluding hydrogens is 256 g/mol. The summed E-state index contributed by atoms with van der Waals surface area (Å²) in [6.07, 6.45) is 2.15. The molecule has 0 bridgehead atoms. The normalized spacial score (nSPS) is 19.9. The number of pyridine rings is 1. The molecule has 1 atom stereocenters. The van der Waals surface area contributed by atoms with Gasteiger partial charge in [0.2, 0.25) is 10.0 Å². The molecule has 2 heterocycles. The molecule has 1 aromatic rings. The minimum absolute atomic E-state index is 0.125. The van der Waals surface area contributed by atoms with Gasteiger partial charge in [-0.15, -0.1) is 0 Å². The van der Waals surface area contributed by atoms with Gasteiger partial charge >= 0.3 is 0 Å². The predicted octanol–water partition coefficient (Wildman–Crippen LogP) is -0.318. The Kier molecular flexibility index (Phi) is 4.12. The first kappa shape index (κ1) is 13.2. The van der Waals surface area contributed by atoms with Crippen molar-refractivity contribution in [2.75, 3.05) is 25.2 Å². The van der Waals surface area contributed by atoms with Crippen molar-refractivity contribution < 1.29 is 13.2 Å². The molecule has 0 saturated carbocycles. The van der Waals surface area contributed by atoms with Gasteiger partial charge in [-0.1, -0.05) is 0 Å². The Bertz CT molecular complexity index is 482. The number of nitrogens with two attached hydrogens (primary N) is 1. The minimum Gasteiger partial charge on any atom is -0.381 e. The SMILES string of the molecule is NNc1ccc(S(=O)(=O)NCC2CCOC2)cn1. The molecule has 18 heavy (non-hydrogen) atoms. The highest BCUT2D eigenvalue weighted by Crippen LogP contribution is 2.13. The molecule has 0 radical (unpaired) electrons. The molecule has 1 aromatic heterocycles. The van der Waals surface area contributed by atoms with Crippen LogP contribution in [0.15, 0.2) is 23.2 Å². The number of ether oxygens (including phenoxy) is 1. The summed E-state index contributed by atoms with van der Waals surface area (Å²) in [5.74, 6) is 5.82. The highest BCUT2D eigenvalue weighted by molar-refractivity contribution is 7.89. The van der Waals surface area contributed by atoms with Crippen LogP contribution < -0.4 is 16.0 Å². The van der Waals surface area contributed by atoms with E-state index in [1.54, 1.807) is 0 Å². The highest BCUT2D eigenvalue weighted by atomic mass is 32.2. The fraction of sp³-hybridized carbons (Fsp3) is 0.500. The zero-order valence-corrected chi connectivity index (χ0v) is 10.6. The molecule has 4 N–H and O–H groups in total. The van der Waals surface area contributed by atoms with Crippen LogP contribution in [0.25, 0.3) is 0 Å². The van der Waals surface area contributed by atoms with Gasteiger partial charge < -0.3 is 10.2 Å². The van der Waals surface area contributed by atoms with Crippen molar-refractivity contribution in [3.05, 3.63) is 18.3 Å². The molecule has 1 fully saturated rings. The average Bonchev–Trinajstić information content (AvgIpc) is 2.90. The third kappa shape index (κ3) is 3.16. The second-order valence-corrected chi connectivity index (χ2v) is 5.87. The Hall–Kier alpha value is -1.22. The summed E-state index contributed by atoms with van der Waals surface area (Å²) >= 11 is 0. The number of rotatable bonds is 5. The number of hydrazine groups is 1. The lowest BCUT2D eigenvalue weighted by Gasteiger charge is -2.10. The molecule has 100 valence electrons. The topological polar surface area (TPSA) is 106 Å². The van der Waals surface area contributed by atoms with Crippen LogP contribution in [-0.4, -0.2) is 33.2 Å². The highest BCUT2D eigenvalue weighted by Gasteiger charge is 2.20. The maximum absolute atomic E-state index is 11.9. The van der Waals surface area contributed by atoms with Crippen molar-refractivity contribution in [1.29, 1.82) is 0 Å². The van der Waals surface area contributed by atoms with E-state index in [0.717, 1.165) is 6.42 Å². The van der Waals surface area contributed by atoms with E-state index in [2.05, 4.69) is 15.1 Å². The molecule has 1 unspecified atom stereocenters. The van der Waals surface area contributed by atoms with E-state index < -0.39 is 10.0 Å². The Morgan fingerprint density at radius 3 is 2.89 bits per heavy atom. The molecule has 0 aromatic carbocycles. The van der Waals surface area contributed by atoms with Crippen molar-refractivity contribution in [3.63, 3.8) is 0 Å². The fourth-order valence-corrected chi connectivity index (χ4v) is 2.74. The third-order valence-corrected chi connectivity index (χ3v) is 4.19. The first-order chi connectivity index (χ1) is 8.62. The Balaban J connectivity index is 2.00. The van der Waals surface area contributed by atoms with E-state index in [9.17, 15) is 8.42 Å². The minimum atomic E-state index is -3.51. The van der Waals surface area contributed by atoms with Crippen LogP contribution in [-0.2, 0) is 14.8 Å². The molecular formula is C10H16N4O3S. The molecule has 0 aliphatic carbocycles. The van der Waals surface area contributed by atoms with Gasteiger partial charge in [0.05, 0.1) is 6.61 Å². The van der Waals surface area contributed by atoms with Gasteiger partial charge in [0.15, 0.2) is 0 Å². The molecule has 1 saturated heterocycles. The predicted molar refractivity (Wildman–Crippen MR) is 66.2 cm³/mol. The second-order valence-electron chi connectivity index (χ2n) is 4.10. The standard InChI is InChI=1S/C10H16N4O3S/c11-14-10-2-1-9(6-12-10)18(15,16)13-5-8-3-4-17-7-8/h1-2,6,8,13H,3-5,7,11H2,(H,12,14). The van der Waals surface area contributed by atoms with Gasteiger partial charge in [-0.05, 0) is 24.5 Å². The maximum atomic E-state index is 11.9. The number of nitrogens with one attached hydrogen (secondary N) is 2. The lowest BCUT2D eigenvalue weighted by molar-refractivity contribution is 0.186. The van der Waals surface area contributed by atoms with E-state index in [0.29, 0.717) is 25.6 Å². The van der Waals surface area contributed by atoms with Crippen LogP contribution in [0.4, 0.5) is 5.82 Å². The Morgan fingerprint density at radius 2 is 2.33 bits per heavy atom. The summed E-state index contributed by atoms with van der Waals surface area (Å²) in [7, 11) is -3.51. The monoisotopic (exact) mass is 272 g/mol. The van der Waals surface area contributed by atoms with Crippen LogP contribution in [0, 0.1) is 5.92 Å². The van der Waals surface area contributed by atoms with Gasteiger partial charge in [0, 0.05) is 19.3 Å². The summed E-state index contributed by atoms with van der Waals surface area (Å²) in [6.45, 7) is 1.70. The molecule has 1 aliphatic heterocycles. The number of anilines is 1. The molecule has 7 nitrogen and oxygen atoms in total. The van der Waals surface area contributed by atoms with Gasteiger partial charge in [0.25, 0.3) is 0 Å². The van der Waals surface area contributed by atoms with Crippen molar-refractivity contribution in [2.45, 2.75) is 11.3 Å². The molecule has 8 heteroatoms. The lowest BCUT2D eigenvalue weighted by atomic mass is 10.1. The van der Waals surface area contributed by atoms with Crippen molar-refractivity contribution in [3.8, 4) is 0 Å². The van der Waals surface area contributed by atoms with Crippen molar-refractivity contribution >= 4 is 15.8 Å². The summed E-state index contributed by atoms with van der Waals surface area (Å²) in [4.78, 5) is 3.99. The summed E-state index contributed by atoms with van der Waals surface area (Å²) in [5.41, 5.74) is 2.34. The second kappa shape index (κ2) is 5.61. The smallest absolute Gasteiger partial charge is 0.242 e. The quantitative estimate of drug-likeness (QED) is 0.501. The Morgan fingerprint density at radius 1 is 1.50 bits per heavy atom. The van der Waals surface area contributed by atoms with Crippen LogP contribution in [0.3, 0.4) is 0 Å². The maximum Gasteiger partial charge on any atom is 0.242 e. The number of hydrogen-bond acceptors (Lipinski definition) is 6. The van der Waals surface area contributed by atoms with Gasteiger partial charge in [-0.3, -0.25) is 0 Å². The number of aromatic nitrogens is 1. The summed E-state index contributed by atoms with van der Waals surface area (Å²) in [5, 5.41) is 0. The number of sulfonamides is 1.